The number of hydrogen-bond acceptors (Lipinski definition) is 9. The number of carbonyl (C=O) groups excluding carboxylic acids is 3. The number of aromatic amines is 1. The van der Waals surface area contributed by atoms with E-state index in [0.29, 0.717) is 0 Å². The summed E-state index contributed by atoms with van der Waals surface area (Å²) in [4.78, 5) is 64.0. The number of hydrogen-bond donors (Lipinski definition) is 1. The van der Waals surface area contributed by atoms with Gasteiger partial charge in [0.15, 0.2) is 18.4 Å². The molecular weight excluding hydrogens is 552 g/mol. The quantitative estimate of drug-likeness (QED) is 0.333. The van der Waals surface area contributed by atoms with Crippen molar-refractivity contribution in [2.75, 3.05) is 6.61 Å². The van der Waals surface area contributed by atoms with Crippen molar-refractivity contribution in [2.24, 2.45) is 0 Å². The first-order chi connectivity index (χ1) is 17.7. The van der Waals surface area contributed by atoms with Crippen LogP contribution in [0.3, 0.4) is 0 Å². The molecule has 0 amide bonds. The molecule has 0 aliphatic carbocycles. The Labute approximate surface area is 218 Å². The molecule has 2 heterocycles. The number of esters is 3. The van der Waals surface area contributed by atoms with Crippen molar-refractivity contribution < 1.29 is 33.3 Å². The topological polar surface area (TPSA) is 143 Å². The maximum absolute atomic E-state index is 12.9. The number of aromatic nitrogens is 2. The van der Waals surface area contributed by atoms with Gasteiger partial charge in [0.1, 0.15) is 12.7 Å². The van der Waals surface area contributed by atoms with Crippen molar-refractivity contribution in [3.63, 3.8) is 0 Å². The van der Waals surface area contributed by atoms with E-state index < -0.39 is 53.7 Å². The SMILES string of the molecule is CC(=O)O[C@H]1[C@H](OC(=O)c2ccccc2)[C@@H](n2cc(Br)c(=O)[nH]c2=O)O[C@@H]1COC(=O)c1ccccc1. The number of H-pyrrole nitrogens is 1. The maximum atomic E-state index is 12.9. The van der Waals surface area contributed by atoms with Gasteiger partial charge in [0.25, 0.3) is 5.56 Å². The molecule has 1 saturated heterocycles. The van der Waals surface area contributed by atoms with Crippen LogP contribution in [0.5, 0.6) is 0 Å². The van der Waals surface area contributed by atoms with E-state index in [-0.39, 0.29) is 22.2 Å². The molecule has 0 bridgehead atoms. The molecule has 1 aliphatic rings. The van der Waals surface area contributed by atoms with Crippen LogP contribution in [0.1, 0.15) is 33.9 Å². The Morgan fingerprint density at radius 2 is 1.51 bits per heavy atom. The first kappa shape index (κ1) is 26.0. The van der Waals surface area contributed by atoms with Crippen molar-refractivity contribution in [2.45, 2.75) is 31.5 Å². The van der Waals surface area contributed by atoms with Crippen LogP contribution in [0, 0.1) is 0 Å². The van der Waals surface area contributed by atoms with E-state index in [9.17, 15) is 24.0 Å². The van der Waals surface area contributed by atoms with Crippen LogP contribution in [0.15, 0.2) is 80.9 Å². The van der Waals surface area contributed by atoms with Crippen molar-refractivity contribution in [1.82, 2.24) is 9.55 Å². The molecule has 0 radical (unpaired) electrons. The molecule has 37 heavy (non-hydrogen) atoms. The zero-order valence-electron chi connectivity index (χ0n) is 19.4. The van der Waals surface area contributed by atoms with Crippen LogP contribution in [-0.4, -0.2) is 52.4 Å². The Bertz CT molecular complexity index is 1400. The zero-order valence-corrected chi connectivity index (χ0v) is 21.0. The second kappa shape index (κ2) is 11.4. The van der Waals surface area contributed by atoms with Crippen LogP contribution in [0.4, 0.5) is 0 Å². The highest BCUT2D eigenvalue weighted by Crippen LogP contribution is 2.34. The number of benzene rings is 2. The molecule has 11 nitrogen and oxygen atoms in total. The smallest absolute Gasteiger partial charge is 0.338 e. The summed E-state index contributed by atoms with van der Waals surface area (Å²) in [5.74, 6) is -2.14. The van der Waals surface area contributed by atoms with Gasteiger partial charge >= 0.3 is 23.6 Å². The van der Waals surface area contributed by atoms with E-state index in [1.165, 1.54) is 18.3 Å². The summed E-state index contributed by atoms with van der Waals surface area (Å²) in [6.45, 7) is 0.764. The van der Waals surface area contributed by atoms with Crippen LogP contribution in [-0.2, 0) is 23.7 Å². The van der Waals surface area contributed by atoms with Crippen molar-refractivity contribution >= 4 is 33.8 Å². The minimum Gasteiger partial charge on any atom is -0.459 e. The Balaban J connectivity index is 1.68. The molecule has 1 fully saturated rings. The van der Waals surface area contributed by atoms with Gasteiger partial charge in [0.2, 0.25) is 0 Å². The molecule has 0 unspecified atom stereocenters. The fourth-order valence-electron chi connectivity index (χ4n) is 3.76. The Morgan fingerprint density at radius 3 is 2.11 bits per heavy atom. The molecular formula is C25H21BrN2O9. The zero-order chi connectivity index (χ0) is 26.5. The summed E-state index contributed by atoms with van der Waals surface area (Å²) in [5, 5.41) is 0. The molecule has 4 rings (SSSR count). The molecule has 0 saturated carbocycles. The minimum absolute atomic E-state index is 0.00632. The lowest BCUT2D eigenvalue weighted by molar-refractivity contribution is -0.154. The van der Waals surface area contributed by atoms with Crippen LogP contribution < -0.4 is 11.2 Å². The van der Waals surface area contributed by atoms with Gasteiger partial charge in [-0.2, -0.15) is 0 Å². The summed E-state index contributed by atoms with van der Waals surface area (Å²) >= 11 is 3.06. The van der Waals surface area contributed by atoms with Crippen LogP contribution in [0.2, 0.25) is 0 Å². The van der Waals surface area contributed by atoms with E-state index in [1.807, 2.05) is 0 Å². The number of carbonyl (C=O) groups is 3. The van der Waals surface area contributed by atoms with Gasteiger partial charge < -0.3 is 18.9 Å². The number of ether oxygens (including phenoxy) is 4. The lowest BCUT2D eigenvalue weighted by Crippen LogP contribution is -2.42. The maximum Gasteiger partial charge on any atom is 0.338 e. The number of halogens is 1. The van der Waals surface area contributed by atoms with E-state index >= 15 is 0 Å². The summed E-state index contributed by atoms with van der Waals surface area (Å²) in [7, 11) is 0. The predicted octanol–water partition coefficient (Wildman–Crippen LogP) is 2.21. The standard InChI is InChI=1S/C25H21BrN2O9/c1-14(29)35-19-18(13-34-23(31)15-8-4-2-5-9-15)36-22(28-12-17(26)21(30)27-25(28)33)20(19)37-24(32)16-10-6-3-7-11-16/h2-12,18-20,22H,13H2,1H3,(H,27,30,33)/t18-,19-,20+,22+/m1/s1. The first-order valence-corrected chi connectivity index (χ1v) is 11.9. The highest BCUT2D eigenvalue weighted by atomic mass is 79.9. The van der Waals surface area contributed by atoms with Gasteiger partial charge in [-0.1, -0.05) is 36.4 Å². The Morgan fingerprint density at radius 1 is 0.919 bits per heavy atom. The fraction of sp³-hybridized carbons (Fsp3) is 0.240. The summed E-state index contributed by atoms with van der Waals surface area (Å²) in [5.41, 5.74) is -1.05. The second-order valence-electron chi connectivity index (χ2n) is 7.98. The minimum atomic E-state index is -1.34. The lowest BCUT2D eigenvalue weighted by atomic mass is 10.1. The van der Waals surface area contributed by atoms with Gasteiger partial charge in [-0.15, -0.1) is 0 Å². The van der Waals surface area contributed by atoms with E-state index in [2.05, 4.69) is 20.9 Å². The highest BCUT2D eigenvalue weighted by molar-refractivity contribution is 9.10. The molecule has 2 aromatic carbocycles. The monoisotopic (exact) mass is 572 g/mol. The molecule has 1 N–H and O–H groups in total. The largest absolute Gasteiger partial charge is 0.459 e. The molecule has 192 valence electrons. The van der Waals surface area contributed by atoms with Crippen molar-refractivity contribution in [3.05, 3.63) is 103 Å². The average Bonchev–Trinajstić information content (AvgIpc) is 3.21. The summed E-state index contributed by atoms with van der Waals surface area (Å²) in [6.07, 6.45) is -3.88. The second-order valence-corrected chi connectivity index (χ2v) is 8.84. The van der Waals surface area contributed by atoms with Gasteiger partial charge in [0.05, 0.1) is 15.6 Å². The number of rotatable bonds is 7. The number of nitrogens with zero attached hydrogens (tertiary/aromatic N) is 1. The Hall–Kier alpha value is -4.03. The van der Waals surface area contributed by atoms with E-state index in [1.54, 1.807) is 48.5 Å². The molecule has 0 spiro atoms. The first-order valence-electron chi connectivity index (χ1n) is 11.1. The molecule has 4 atom stereocenters. The summed E-state index contributed by atoms with van der Waals surface area (Å²) < 4.78 is 23.4. The van der Waals surface area contributed by atoms with Crippen molar-refractivity contribution in [1.29, 1.82) is 0 Å². The normalized spacial score (nSPS) is 20.7. The van der Waals surface area contributed by atoms with E-state index in [0.717, 1.165) is 11.5 Å². The van der Waals surface area contributed by atoms with Gasteiger partial charge in [0, 0.05) is 13.1 Å². The van der Waals surface area contributed by atoms with Gasteiger partial charge in [-0.05, 0) is 40.2 Å². The van der Waals surface area contributed by atoms with Gasteiger partial charge in [-0.3, -0.25) is 19.1 Å². The lowest BCUT2D eigenvalue weighted by Gasteiger charge is -2.24. The van der Waals surface area contributed by atoms with Gasteiger partial charge in [-0.25, -0.2) is 14.4 Å². The van der Waals surface area contributed by atoms with Crippen LogP contribution >= 0.6 is 15.9 Å². The Kier molecular flexibility index (Phi) is 7.99. The molecule has 3 aromatic rings. The third kappa shape index (κ3) is 6.04. The number of nitrogens with one attached hydrogen (secondary N) is 1. The molecule has 1 aromatic heterocycles. The van der Waals surface area contributed by atoms with E-state index in [4.69, 9.17) is 18.9 Å². The molecule has 12 heteroatoms. The average molecular weight is 573 g/mol. The predicted molar refractivity (Wildman–Crippen MR) is 131 cm³/mol. The van der Waals surface area contributed by atoms with Crippen molar-refractivity contribution in [3.8, 4) is 0 Å². The fourth-order valence-corrected chi connectivity index (χ4v) is 4.08. The third-order valence-electron chi connectivity index (χ3n) is 5.43. The third-order valence-corrected chi connectivity index (χ3v) is 5.99. The summed E-state index contributed by atoms with van der Waals surface area (Å²) in [6, 6.07) is 16.2. The molecule has 1 aliphatic heterocycles. The highest BCUT2D eigenvalue weighted by Gasteiger charge is 2.51. The van der Waals surface area contributed by atoms with Crippen LogP contribution in [0.25, 0.3) is 0 Å².